The maximum absolute atomic E-state index is 12.4. The predicted octanol–water partition coefficient (Wildman–Crippen LogP) is 1.25. The summed E-state index contributed by atoms with van der Waals surface area (Å²) in [5, 5.41) is 10.7. The fourth-order valence-electron chi connectivity index (χ4n) is 2.42. The van der Waals surface area contributed by atoms with E-state index in [0.29, 0.717) is 24.6 Å². The summed E-state index contributed by atoms with van der Waals surface area (Å²) in [6.45, 7) is 9.17. The van der Waals surface area contributed by atoms with Crippen LogP contribution in [0.25, 0.3) is 0 Å². The first-order valence-electron chi connectivity index (χ1n) is 7.83. The van der Waals surface area contributed by atoms with Gasteiger partial charge in [-0.1, -0.05) is 20.8 Å². The van der Waals surface area contributed by atoms with Crippen LogP contribution in [0.1, 0.15) is 39.9 Å². The first-order valence-corrected chi connectivity index (χ1v) is 8.99. The van der Waals surface area contributed by atoms with Crippen molar-refractivity contribution in [2.45, 2.75) is 53.2 Å². The smallest absolute Gasteiger partial charge is 0.244 e. The molecule has 1 aromatic rings. The zero-order chi connectivity index (χ0) is 17.0. The van der Waals surface area contributed by atoms with Gasteiger partial charge in [-0.05, 0) is 12.3 Å². The van der Waals surface area contributed by atoms with Crippen LogP contribution >= 0.6 is 11.8 Å². The average molecular weight is 339 g/mol. The lowest BCUT2D eigenvalue weighted by atomic mass is 9.91. The van der Waals surface area contributed by atoms with Gasteiger partial charge in [0.2, 0.25) is 11.8 Å². The summed E-state index contributed by atoms with van der Waals surface area (Å²) in [6.07, 6.45) is 2.09. The number of thioether (sulfide) groups is 1. The highest BCUT2D eigenvalue weighted by atomic mass is 32.2. The molecule has 1 aliphatic heterocycles. The van der Waals surface area contributed by atoms with Gasteiger partial charge in [0.05, 0.1) is 12.4 Å². The number of carbonyl (C=O) groups is 2. The second-order valence-electron chi connectivity index (χ2n) is 6.87. The van der Waals surface area contributed by atoms with E-state index < -0.39 is 6.04 Å². The van der Waals surface area contributed by atoms with Gasteiger partial charge in [-0.3, -0.25) is 9.59 Å². The van der Waals surface area contributed by atoms with E-state index in [1.165, 1.54) is 0 Å². The molecular formula is C15H25N5O2S. The van der Waals surface area contributed by atoms with Crippen LogP contribution < -0.4 is 5.32 Å². The summed E-state index contributed by atoms with van der Waals surface area (Å²) < 4.78 is 1.88. The van der Waals surface area contributed by atoms with Crippen LogP contribution in [0.3, 0.4) is 0 Å². The standard InChI is InChI=1S/C15H25N5O2S/c1-5-19-9-17-18-12(19)7-16-14(22)11-8-23-10-20(11)13(21)6-15(2,3)4/h9,11H,5-8,10H2,1-4H3,(H,16,22)/t11-/m1/s1. The van der Waals surface area contributed by atoms with E-state index in [0.717, 1.165) is 12.4 Å². The monoisotopic (exact) mass is 339 g/mol. The molecule has 8 heteroatoms. The van der Waals surface area contributed by atoms with Crippen LogP contribution in [0.4, 0.5) is 0 Å². The number of aromatic nitrogens is 3. The maximum Gasteiger partial charge on any atom is 0.244 e. The summed E-state index contributed by atoms with van der Waals surface area (Å²) in [4.78, 5) is 26.6. The van der Waals surface area contributed by atoms with E-state index in [9.17, 15) is 9.59 Å². The Labute approximate surface area is 141 Å². The number of nitrogens with one attached hydrogen (secondary N) is 1. The summed E-state index contributed by atoms with van der Waals surface area (Å²) in [5.41, 5.74) is -0.0804. The Morgan fingerprint density at radius 1 is 1.43 bits per heavy atom. The van der Waals surface area contributed by atoms with E-state index >= 15 is 0 Å². The van der Waals surface area contributed by atoms with Crippen LogP contribution in [-0.2, 0) is 22.7 Å². The molecule has 0 aromatic carbocycles. The van der Waals surface area contributed by atoms with E-state index in [4.69, 9.17) is 0 Å². The lowest BCUT2D eigenvalue weighted by Crippen LogP contribution is -2.47. The van der Waals surface area contributed by atoms with Crippen molar-refractivity contribution in [3.8, 4) is 0 Å². The third-order valence-electron chi connectivity index (χ3n) is 3.64. The summed E-state index contributed by atoms with van der Waals surface area (Å²) in [6, 6.07) is -0.396. The number of hydrogen-bond donors (Lipinski definition) is 1. The summed E-state index contributed by atoms with van der Waals surface area (Å²) in [5.74, 6) is 1.86. The van der Waals surface area contributed by atoms with Crippen molar-refractivity contribution in [2.24, 2.45) is 5.41 Å². The summed E-state index contributed by atoms with van der Waals surface area (Å²) in [7, 11) is 0. The van der Waals surface area contributed by atoms with Gasteiger partial charge in [0.1, 0.15) is 12.4 Å². The molecular weight excluding hydrogens is 314 g/mol. The third-order valence-corrected chi connectivity index (χ3v) is 4.66. The molecule has 23 heavy (non-hydrogen) atoms. The zero-order valence-electron chi connectivity index (χ0n) is 14.2. The number of rotatable bonds is 5. The molecule has 1 fully saturated rings. The highest BCUT2D eigenvalue weighted by Gasteiger charge is 2.35. The second kappa shape index (κ2) is 7.33. The third kappa shape index (κ3) is 4.70. The minimum Gasteiger partial charge on any atom is -0.347 e. The van der Waals surface area contributed by atoms with Gasteiger partial charge < -0.3 is 14.8 Å². The molecule has 2 rings (SSSR count). The van der Waals surface area contributed by atoms with Gasteiger partial charge in [0.15, 0.2) is 5.82 Å². The molecule has 7 nitrogen and oxygen atoms in total. The predicted molar refractivity (Wildman–Crippen MR) is 89.6 cm³/mol. The molecule has 0 unspecified atom stereocenters. The Hall–Kier alpha value is -1.57. The largest absolute Gasteiger partial charge is 0.347 e. The van der Waals surface area contributed by atoms with Crippen LogP contribution in [0, 0.1) is 5.41 Å². The molecule has 1 aliphatic rings. The molecule has 0 saturated carbocycles. The number of carbonyl (C=O) groups excluding carboxylic acids is 2. The van der Waals surface area contributed by atoms with Gasteiger partial charge in [-0.2, -0.15) is 0 Å². The van der Waals surface area contributed by atoms with Crippen molar-refractivity contribution in [1.29, 1.82) is 0 Å². The van der Waals surface area contributed by atoms with Crippen LogP contribution in [0.5, 0.6) is 0 Å². The fraction of sp³-hybridized carbons (Fsp3) is 0.733. The Kier molecular flexibility index (Phi) is 5.67. The van der Waals surface area contributed by atoms with Crippen molar-refractivity contribution < 1.29 is 9.59 Å². The van der Waals surface area contributed by atoms with Crippen LogP contribution in [0.2, 0.25) is 0 Å². The SMILES string of the molecule is CCn1cnnc1CNC(=O)[C@H]1CSCN1C(=O)CC(C)(C)C. The molecule has 1 atom stereocenters. The normalized spacial score (nSPS) is 18.3. The summed E-state index contributed by atoms with van der Waals surface area (Å²) >= 11 is 1.62. The minimum absolute atomic E-state index is 0.0411. The number of amides is 2. The maximum atomic E-state index is 12.4. The Morgan fingerprint density at radius 2 is 2.17 bits per heavy atom. The van der Waals surface area contributed by atoms with E-state index in [2.05, 4.69) is 15.5 Å². The minimum atomic E-state index is -0.396. The van der Waals surface area contributed by atoms with Crippen LogP contribution in [0.15, 0.2) is 6.33 Å². The number of hydrogen-bond acceptors (Lipinski definition) is 5. The quantitative estimate of drug-likeness (QED) is 0.873. The molecule has 1 N–H and O–H groups in total. The van der Waals surface area contributed by atoms with Crippen molar-refractivity contribution in [3.05, 3.63) is 12.2 Å². The molecule has 128 valence electrons. The average Bonchev–Trinajstić information content (AvgIpc) is 3.11. The Morgan fingerprint density at radius 3 is 2.83 bits per heavy atom. The lowest BCUT2D eigenvalue weighted by molar-refractivity contribution is -0.139. The van der Waals surface area contributed by atoms with Gasteiger partial charge in [0, 0.05) is 18.7 Å². The topological polar surface area (TPSA) is 80.1 Å². The molecule has 2 amide bonds. The van der Waals surface area contributed by atoms with E-state index in [1.807, 2.05) is 32.3 Å². The van der Waals surface area contributed by atoms with Crippen molar-refractivity contribution in [3.63, 3.8) is 0 Å². The van der Waals surface area contributed by atoms with Gasteiger partial charge >= 0.3 is 0 Å². The van der Waals surface area contributed by atoms with Crippen molar-refractivity contribution >= 4 is 23.6 Å². The first kappa shape index (κ1) is 17.8. The van der Waals surface area contributed by atoms with Gasteiger partial charge in [-0.15, -0.1) is 22.0 Å². The first-order chi connectivity index (χ1) is 10.8. The lowest BCUT2D eigenvalue weighted by Gasteiger charge is -2.26. The Bertz CT molecular complexity index is 566. The fourth-order valence-corrected chi connectivity index (χ4v) is 3.61. The molecule has 2 heterocycles. The van der Waals surface area contributed by atoms with Crippen molar-refractivity contribution in [2.75, 3.05) is 11.6 Å². The van der Waals surface area contributed by atoms with Crippen molar-refractivity contribution in [1.82, 2.24) is 25.0 Å². The molecule has 0 bridgehead atoms. The van der Waals surface area contributed by atoms with Gasteiger partial charge in [0.25, 0.3) is 0 Å². The second-order valence-corrected chi connectivity index (χ2v) is 7.87. The Balaban J connectivity index is 1.94. The molecule has 1 aromatic heterocycles. The molecule has 0 aliphatic carbocycles. The number of nitrogens with zero attached hydrogens (tertiary/aromatic N) is 4. The van der Waals surface area contributed by atoms with E-state index in [1.54, 1.807) is 23.0 Å². The highest BCUT2D eigenvalue weighted by molar-refractivity contribution is 7.99. The molecule has 0 radical (unpaired) electrons. The highest BCUT2D eigenvalue weighted by Crippen LogP contribution is 2.26. The van der Waals surface area contributed by atoms with Gasteiger partial charge in [-0.25, -0.2) is 0 Å². The number of aryl methyl sites for hydroxylation is 1. The van der Waals surface area contributed by atoms with E-state index in [-0.39, 0.29) is 17.2 Å². The molecule has 0 spiro atoms. The van der Waals surface area contributed by atoms with Crippen LogP contribution in [-0.4, -0.2) is 49.2 Å². The molecule has 1 saturated heterocycles. The zero-order valence-corrected chi connectivity index (χ0v) is 15.0.